The highest BCUT2D eigenvalue weighted by Gasteiger charge is 2.12. The standard InChI is InChI=1S/C25H30N2O2/c1-27(2)18-20-10-8-9-19(13-20)16-26-17-22-14-24(28-3)25(29-4)15-23(22)21-11-6-5-7-12-21/h5-15,26H,16-18H2,1-4H3. The summed E-state index contributed by atoms with van der Waals surface area (Å²) in [6.07, 6.45) is 0. The predicted octanol–water partition coefficient (Wildman–Crippen LogP) is 4.72. The van der Waals surface area contributed by atoms with Crippen molar-refractivity contribution in [2.24, 2.45) is 0 Å². The summed E-state index contributed by atoms with van der Waals surface area (Å²) in [6.45, 7) is 2.49. The van der Waals surface area contributed by atoms with Crippen LogP contribution in [0.1, 0.15) is 16.7 Å². The zero-order chi connectivity index (χ0) is 20.6. The fourth-order valence-electron chi connectivity index (χ4n) is 3.50. The molecular weight excluding hydrogens is 360 g/mol. The van der Waals surface area contributed by atoms with Gasteiger partial charge in [-0.2, -0.15) is 0 Å². The van der Waals surface area contributed by atoms with Crippen molar-refractivity contribution in [1.29, 1.82) is 0 Å². The van der Waals surface area contributed by atoms with Crippen molar-refractivity contribution in [2.45, 2.75) is 19.6 Å². The van der Waals surface area contributed by atoms with Gasteiger partial charge in [-0.05, 0) is 54.0 Å². The van der Waals surface area contributed by atoms with Crippen LogP contribution in [0.4, 0.5) is 0 Å². The molecular formula is C25H30N2O2. The number of hydrogen-bond acceptors (Lipinski definition) is 4. The van der Waals surface area contributed by atoms with Gasteiger partial charge in [0.15, 0.2) is 11.5 Å². The number of methoxy groups -OCH3 is 2. The molecule has 0 aromatic heterocycles. The first-order valence-electron chi connectivity index (χ1n) is 9.84. The van der Waals surface area contributed by atoms with Crippen molar-refractivity contribution in [3.63, 3.8) is 0 Å². The minimum absolute atomic E-state index is 0.739. The summed E-state index contributed by atoms with van der Waals surface area (Å²) in [5.74, 6) is 1.49. The van der Waals surface area contributed by atoms with Gasteiger partial charge in [0.1, 0.15) is 0 Å². The van der Waals surface area contributed by atoms with Crippen LogP contribution in [0.5, 0.6) is 11.5 Å². The Morgan fingerprint density at radius 1 is 0.759 bits per heavy atom. The predicted molar refractivity (Wildman–Crippen MR) is 119 cm³/mol. The number of nitrogens with one attached hydrogen (secondary N) is 1. The molecule has 0 aliphatic rings. The van der Waals surface area contributed by atoms with Gasteiger partial charge in [0, 0.05) is 19.6 Å². The third-order valence-electron chi connectivity index (χ3n) is 4.83. The Morgan fingerprint density at radius 3 is 2.14 bits per heavy atom. The lowest BCUT2D eigenvalue weighted by atomic mass is 9.98. The van der Waals surface area contributed by atoms with Gasteiger partial charge >= 0.3 is 0 Å². The van der Waals surface area contributed by atoms with E-state index in [1.807, 2.05) is 6.07 Å². The lowest BCUT2D eigenvalue weighted by Gasteiger charge is -2.16. The second-order valence-corrected chi connectivity index (χ2v) is 7.39. The SMILES string of the molecule is COc1cc(CNCc2cccc(CN(C)C)c2)c(-c2ccccc2)cc1OC. The van der Waals surface area contributed by atoms with Crippen LogP contribution in [0, 0.1) is 0 Å². The molecule has 3 rings (SSSR count). The number of ether oxygens (including phenoxy) is 2. The molecule has 0 amide bonds. The Morgan fingerprint density at radius 2 is 1.45 bits per heavy atom. The molecule has 4 heteroatoms. The maximum atomic E-state index is 5.53. The normalized spacial score (nSPS) is 10.9. The van der Waals surface area contributed by atoms with Crippen LogP contribution in [0.15, 0.2) is 66.7 Å². The average Bonchev–Trinajstić information content (AvgIpc) is 2.73. The van der Waals surface area contributed by atoms with Crippen molar-refractivity contribution in [2.75, 3.05) is 28.3 Å². The largest absolute Gasteiger partial charge is 0.493 e. The van der Waals surface area contributed by atoms with E-state index in [1.165, 1.54) is 22.3 Å². The average molecular weight is 391 g/mol. The molecule has 0 bridgehead atoms. The van der Waals surface area contributed by atoms with Crippen LogP contribution in [0.25, 0.3) is 11.1 Å². The summed E-state index contributed by atoms with van der Waals surface area (Å²) in [7, 11) is 7.53. The first-order valence-corrected chi connectivity index (χ1v) is 9.84. The van der Waals surface area contributed by atoms with Gasteiger partial charge in [-0.3, -0.25) is 0 Å². The van der Waals surface area contributed by atoms with Gasteiger partial charge in [0.05, 0.1) is 14.2 Å². The number of nitrogens with zero attached hydrogens (tertiary/aromatic N) is 1. The van der Waals surface area contributed by atoms with Gasteiger partial charge in [-0.25, -0.2) is 0 Å². The lowest BCUT2D eigenvalue weighted by molar-refractivity contribution is 0.354. The highest BCUT2D eigenvalue weighted by atomic mass is 16.5. The van der Waals surface area contributed by atoms with Gasteiger partial charge in [0.2, 0.25) is 0 Å². The summed E-state index contributed by atoms with van der Waals surface area (Å²) in [5, 5.41) is 3.59. The second kappa shape index (κ2) is 10.1. The zero-order valence-corrected chi connectivity index (χ0v) is 17.7. The van der Waals surface area contributed by atoms with E-state index in [9.17, 15) is 0 Å². The fraction of sp³-hybridized carbons (Fsp3) is 0.280. The molecule has 0 aliphatic heterocycles. The van der Waals surface area contributed by atoms with Crippen LogP contribution in [0.3, 0.4) is 0 Å². The van der Waals surface area contributed by atoms with Crippen LogP contribution in [0.2, 0.25) is 0 Å². The minimum atomic E-state index is 0.739. The van der Waals surface area contributed by atoms with Crippen LogP contribution < -0.4 is 14.8 Å². The molecule has 29 heavy (non-hydrogen) atoms. The van der Waals surface area contributed by atoms with Gasteiger partial charge in [0.25, 0.3) is 0 Å². The summed E-state index contributed by atoms with van der Waals surface area (Å²) in [6, 6.07) is 23.2. The van der Waals surface area contributed by atoms with E-state index in [0.717, 1.165) is 36.7 Å². The smallest absolute Gasteiger partial charge is 0.161 e. The molecule has 3 aromatic carbocycles. The minimum Gasteiger partial charge on any atom is -0.493 e. The maximum Gasteiger partial charge on any atom is 0.161 e. The topological polar surface area (TPSA) is 33.7 Å². The van der Waals surface area contributed by atoms with E-state index in [2.05, 4.69) is 85.0 Å². The summed E-state index contributed by atoms with van der Waals surface area (Å²) < 4.78 is 11.1. The van der Waals surface area contributed by atoms with Gasteiger partial charge in [-0.1, -0.05) is 54.6 Å². The van der Waals surface area contributed by atoms with Crippen LogP contribution >= 0.6 is 0 Å². The Kier molecular flexibility index (Phi) is 7.28. The molecule has 0 saturated carbocycles. The highest BCUT2D eigenvalue weighted by Crippen LogP contribution is 2.35. The van der Waals surface area contributed by atoms with Crippen molar-refractivity contribution in [1.82, 2.24) is 10.2 Å². The molecule has 152 valence electrons. The summed E-state index contributed by atoms with van der Waals surface area (Å²) >= 11 is 0. The molecule has 0 saturated heterocycles. The van der Waals surface area contributed by atoms with Crippen molar-refractivity contribution < 1.29 is 9.47 Å². The van der Waals surface area contributed by atoms with E-state index in [4.69, 9.17) is 9.47 Å². The molecule has 4 nitrogen and oxygen atoms in total. The van der Waals surface area contributed by atoms with E-state index in [1.54, 1.807) is 14.2 Å². The highest BCUT2D eigenvalue weighted by molar-refractivity contribution is 5.71. The lowest BCUT2D eigenvalue weighted by Crippen LogP contribution is -2.15. The fourth-order valence-corrected chi connectivity index (χ4v) is 3.50. The third-order valence-corrected chi connectivity index (χ3v) is 4.83. The second-order valence-electron chi connectivity index (χ2n) is 7.39. The van der Waals surface area contributed by atoms with Crippen LogP contribution in [-0.2, 0) is 19.6 Å². The molecule has 1 N–H and O–H groups in total. The van der Waals surface area contributed by atoms with E-state index in [-0.39, 0.29) is 0 Å². The quantitative estimate of drug-likeness (QED) is 0.573. The maximum absolute atomic E-state index is 5.53. The van der Waals surface area contributed by atoms with Crippen molar-refractivity contribution >= 4 is 0 Å². The summed E-state index contributed by atoms with van der Waals surface area (Å²) in [4.78, 5) is 2.18. The molecule has 0 spiro atoms. The Balaban J connectivity index is 1.79. The van der Waals surface area contributed by atoms with E-state index < -0.39 is 0 Å². The molecule has 0 fully saturated rings. The first-order chi connectivity index (χ1) is 14.1. The Labute approximate surface area is 174 Å². The van der Waals surface area contributed by atoms with Crippen molar-refractivity contribution in [3.05, 3.63) is 83.4 Å². The Hall–Kier alpha value is -2.82. The molecule has 0 aliphatic carbocycles. The van der Waals surface area contributed by atoms with Crippen molar-refractivity contribution in [3.8, 4) is 22.6 Å². The molecule has 0 unspecified atom stereocenters. The number of benzene rings is 3. The molecule has 3 aromatic rings. The Bertz CT molecular complexity index is 923. The van der Waals surface area contributed by atoms with E-state index >= 15 is 0 Å². The third kappa shape index (κ3) is 5.59. The van der Waals surface area contributed by atoms with Gasteiger partial charge < -0.3 is 19.7 Å². The first kappa shape index (κ1) is 20.9. The van der Waals surface area contributed by atoms with E-state index in [0.29, 0.717) is 0 Å². The van der Waals surface area contributed by atoms with Crippen LogP contribution in [-0.4, -0.2) is 33.2 Å². The van der Waals surface area contributed by atoms with Gasteiger partial charge in [-0.15, -0.1) is 0 Å². The molecule has 0 atom stereocenters. The number of rotatable bonds is 9. The monoisotopic (exact) mass is 390 g/mol. The number of hydrogen-bond donors (Lipinski definition) is 1. The summed E-state index contributed by atoms with van der Waals surface area (Å²) in [5.41, 5.74) is 6.10. The molecule has 0 radical (unpaired) electrons. The zero-order valence-electron chi connectivity index (χ0n) is 17.7. The molecule has 0 heterocycles.